The molecule has 0 unspecified atom stereocenters. The molecule has 0 aliphatic carbocycles. The molecule has 27 heavy (non-hydrogen) atoms. The third-order valence-corrected chi connectivity index (χ3v) is 4.47. The third-order valence-electron chi connectivity index (χ3n) is 4.47. The van der Waals surface area contributed by atoms with E-state index < -0.39 is 5.97 Å². The number of carboxylic acids is 1. The molecule has 0 saturated heterocycles. The van der Waals surface area contributed by atoms with E-state index in [2.05, 4.69) is 0 Å². The SMILES string of the molecule is O=C(O)c1ccc2c(c1)N(CCOc1cccc3ccccc13)C(=O)CO2. The highest BCUT2D eigenvalue weighted by Gasteiger charge is 2.26. The first kappa shape index (κ1) is 16.9. The molecule has 0 radical (unpaired) electrons. The molecule has 6 heteroatoms. The molecule has 0 aromatic heterocycles. The maximum absolute atomic E-state index is 12.3. The average molecular weight is 363 g/mol. The van der Waals surface area contributed by atoms with E-state index in [1.807, 2.05) is 42.5 Å². The fourth-order valence-corrected chi connectivity index (χ4v) is 3.15. The van der Waals surface area contributed by atoms with Crippen LogP contribution in [0.2, 0.25) is 0 Å². The summed E-state index contributed by atoms with van der Waals surface area (Å²) >= 11 is 0. The van der Waals surface area contributed by atoms with E-state index in [1.165, 1.54) is 17.0 Å². The Morgan fingerprint density at radius 2 is 1.93 bits per heavy atom. The minimum atomic E-state index is -1.05. The van der Waals surface area contributed by atoms with E-state index in [1.54, 1.807) is 6.07 Å². The van der Waals surface area contributed by atoms with Crippen LogP contribution in [0, 0.1) is 0 Å². The van der Waals surface area contributed by atoms with Gasteiger partial charge < -0.3 is 19.5 Å². The molecule has 1 aliphatic heterocycles. The van der Waals surface area contributed by atoms with Crippen molar-refractivity contribution in [3.05, 3.63) is 66.2 Å². The molecule has 0 fully saturated rings. The molecule has 136 valence electrons. The van der Waals surface area contributed by atoms with Crippen LogP contribution in [0.25, 0.3) is 10.8 Å². The van der Waals surface area contributed by atoms with Gasteiger partial charge in [-0.3, -0.25) is 4.79 Å². The summed E-state index contributed by atoms with van der Waals surface area (Å²) in [5, 5.41) is 11.3. The van der Waals surface area contributed by atoms with E-state index in [9.17, 15) is 14.7 Å². The molecule has 0 saturated carbocycles. The van der Waals surface area contributed by atoms with Gasteiger partial charge in [-0.2, -0.15) is 0 Å². The van der Waals surface area contributed by atoms with Crippen LogP contribution in [-0.2, 0) is 4.79 Å². The number of ether oxygens (including phenoxy) is 2. The van der Waals surface area contributed by atoms with Crippen LogP contribution in [0.4, 0.5) is 5.69 Å². The highest BCUT2D eigenvalue weighted by molar-refractivity contribution is 5.99. The van der Waals surface area contributed by atoms with E-state index in [0.717, 1.165) is 16.5 Å². The van der Waals surface area contributed by atoms with Crippen molar-refractivity contribution >= 4 is 28.3 Å². The van der Waals surface area contributed by atoms with Crippen molar-refractivity contribution < 1.29 is 24.2 Å². The predicted molar refractivity (Wildman–Crippen MR) is 101 cm³/mol. The molecule has 0 bridgehead atoms. The number of carbonyl (C=O) groups is 2. The van der Waals surface area contributed by atoms with E-state index >= 15 is 0 Å². The summed E-state index contributed by atoms with van der Waals surface area (Å²) in [7, 11) is 0. The monoisotopic (exact) mass is 363 g/mol. The molecule has 3 aromatic carbocycles. The first-order chi connectivity index (χ1) is 13.1. The Balaban J connectivity index is 1.54. The van der Waals surface area contributed by atoms with Gasteiger partial charge in [0.05, 0.1) is 17.8 Å². The van der Waals surface area contributed by atoms with E-state index in [4.69, 9.17) is 9.47 Å². The quantitative estimate of drug-likeness (QED) is 0.752. The van der Waals surface area contributed by atoms with Crippen LogP contribution >= 0.6 is 0 Å². The van der Waals surface area contributed by atoms with Crippen molar-refractivity contribution in [3.63, 3.8) is 0 Å². The Labute approximate surface area is 155 Å². The Morgan fingerprint density at radius 1 is 1.11 bits per heavy atom. The summed E-state index contributed by atoms with van der Waals surface area (Å²) in [5.41, 5.74) is 0.555. The number of aromatic carboxylic acids is 1. The van der Waals surface area contributed by atoms with Gasteiger partial charge >= 0.3 is 5.97 Å². The van der Waals surface area contributed by atoms with Crippen LogP contribution in [0.1, 0.15) is 10.4 Å². The van der Waals surface area contributed by atoms with Crippen LogP contribution in [0.15, 0.2) is 60.7 Å². The minimum Gasteiger partial charge on any atom is -0.491 e. The number of nitrogens with zero attached hydrogens (tertiary/aromatic N) is 1. The molecular formula is C21H17NO5. The zero-order valence-electron chi connectivity index (χ0n) is 14.4. The van der Waals surface area contributed by atoms with Crippen LogP contribution in [0.5, 0.6) is 11.5 Å². The summed E-state index contributed by atoms with van der Waals surface area (Å²) in [5.74, 6) is -0.0487. The lowest BCUT2D eigenvalue weighted by molar-refractivity contribution is -0.121. The molecule has 1 aliphatic rings. The normalized spacial score (nSPS) is 13.2. The highest BCUT2D eigenvalue weighted by atomic mass is 16.5. The van der Waals surface area contributed by atoms with Gasteiger partial charge in [-0.1, -0.05) is 36.4 Å². The molecule has 3 aromatic rings. The second-order valence-corrected chi connectivity index (χ2v) is 6.15. The second-order valence-electron chi connectivity index (χ2n) is 6.15. The average Bonchev–Trinajstić information content (AvgIpc) is 2.69. The summed E-state index contributed by atoms with van der Waals surface area (Å²) in [6, 6.07) is 18.2. The maximum Gasteiger partial charge on any atom is 0.335 e. The van der Waals surface area contributed by atoms with Gasteiger partial charge in [0.2, 0.25) is 0 Å². The van der Waals surface area contributed by atoms with Crippen molar-refractivity contribution in [2.45, 2.75) is 0 Å². The highest BCUT2D eigenvalue weighted by Crippen LogP contribution is 2.33. The minimum absolute atomic E-state index is 0.0757. The van der Waals surface area contributed by atoms with Crippen molar-refractivity contribution in [2.24, 2.45) is 0 Å². The van der Waals surface area contributed by atoms with Crippen molar-refractivity contribution in [1.82, 2.24) is 0 Å². The number of carbonyl (C=O) groups excluding carboxylic acids is 1. The predicted octanol–water partition coefficient (Wildman–Crippen LogP) is 3.34. The second kappa shape index (κ2) is 6.99. The standard InChI is InChI=1S/C21H17NO5/c23-20-13-27-19-9-8-15(21(24)25)12-17(19)22(20)10-11-26-18-7-3-5-14-4-1-2-6-16(14)18/h1-9,12H,10-11,13H2,(H,24,25). The fourth-order valence-electron chi connectivity index (χ4n) is 3.15. The lowest BCUT2D eigenvalue weighted by Gasteiger charge is -2.29. The largest absolute Gasteiger partial charge is 0.491 e. The van der Waals surface area contributed by atoms with Gasteiger partial charge in [0, 0.05) is 5.39 Å². The summed E-state index contributed by atoms with van der Waals surface area (Å²) < 4.78 is 11.3. The van der Waals surface area contributed by atoms with Crippen molar-refractivity contribution in [1.29, 1.82) is 0 Å². The molecule has 0 spiro atoms. The zero-order valence-corrected chi connectivity index (χ0v) is 14.4. The van der Waals surface area contributed by atoms with Crippen LogP contribution in [0.3, 0.4) is 0 Å². The van der Waals surface area contributed by atoms with Crippen LogP contribution < -0.4 is 14.4 Å². The Morgan fingerprint density at radius 3 is 2.78 bits per heavy atom. The lowest BCUT2D eigenvalue weighted by atomic mass is 10.1. The molecule has 1 N–H and O–H groups in total. The van der Waals surface area contributed by atoms with Gasteiger partial charge in [0.1, 0.15) is 18.1 Å². The Kier molecular flexibility index (Phi) is 4.38. The topological polar surface area (TPSA) is 76.1 Å². The summed E-state index contributed by atoms with van der Waals surface area (Å²) in [6.07, 6.45) is 0. The first-order valence-corrected chi connectivity index (χ1v) is 8.54. The van der Waals surface area contributed by atoms with E-state index in [0.29, 0.717) is 18.0 Å². The number of anilines is 1. The Bertz CT molecular complexity index is 1020. The number of fused-ring (bicyclic) bond motifs is 2. The lowest BCUT2D eigenvalue weighted by Crippen LogP contribution is -2.41. The first-order valence-electron chi connectivity index (χ1n) is 8.54. The summed E-state index contributed by atoms with van der Waals surface area (Å²) in [4.78, 5) is 25.0. The van der Waals surface area contributed by atoms with Crippen LogP contribution in [-0.4, -0.2) is 36.7 Å². The van der Waals surface area contributed by atoms with Gasteiger partial charge in [0.25, 0.3) is 5.91 Å². The molecule has 1 heterocycles. The summed E-state index contributed by atoms with van der Waals surface area (Å²) in [6.45, 7) is 0.492. The Hall–Kier alpha value is -3.54. The molecule has 4 rings (SSSR count). The number of rotatable bonds is 5. The number of hydrogen-bond acceptors (Lipinski definition) is 4. The number of hydrogen-bond donors (Lipinski definition) is 1. The molecule has 6 nitrogen and oxygen atoms in total. The zero-order chi connectivity index (χ0) is 18.8. The number of carboxylic acid groups (broad SMARTS) is 1. The van der Waals surface area contributed by atoms with Crippen molar-refractivity contribution in [2.75, 3.05) is 24.7 Å². The fraction of sp³-hybridized carbons (Fsp3) is 0.143. The molecular weight excluding hydrogens is 346 g/mol. The third kappa shape index (κ3) is 3.29. The van der Waals surface area contributed by atoms with Gasteiger partial charge in [-0.25, -0.2) is 4.79 Å². The smallest absolute Gasteiger partial charge is 0.335 e. The number of benzene rings is 3. The number of amides is 1. The maximum atomic E-state index is 12.3. The van der Waals surface area contributed by atoms with Gasteiger partial charge in [-0.15, -0.1) is 0 Å². The van der Waals surface area contributed by atoms with Gasteiger partial charge in [0.15, 0.2) is 6.61 Å². The molecule has 0 atom stereocenters. The van der Waals surface area contributed by atoms with E-state index in [-0.39, 0.29) is 24.7 Å². The van der Waals surface area contributed by atoms with Gasteiger partial charge in [-0.05, 0) is 29.7 Å². The van der Waals surface area contributed by atoms with Crippen molar-refractivity contribution in [3.8, 4) is 11.5 Å². The molecule has 1 amide bonds.